The molecule has 0 N–H and O–H groups in total. The number of halogens is 1. The van der Waals surface area contributed by atoms with Crippen LogP contribution >= 0.6 is 0 Å². The SMILES string of the molecule is Bc1ccc(OCC)c(F)c1. The summed E-state index contributed by atoms with van der Waals surface area (Å²) in [5.41, 5.74) is 0.908. The Morgan fingerprint density at radius 2 is 2.27 bits per heavy atom. The van der Waals surface area contributed by atoms with Crippen LogP contribution in [0.3, 0.4) is 0 Å². The third kappa shape index (κ3) is 1.97. The van der Waals surface area contributed by atoms with E-state index in [9.17, 15) is 4.39 Å². The quantitative estimate of drug-likeness (QED) is 0.560. The maximum atomic E-state index is 12.9. The van der Waals surface area contributed by atoms with Gasteiger partial charge in [0.1, 0.15) is 7.85 Å². The normalized spacial score (nSPS) is 9.64. The number of hydrogen-bond acceptors (Lipinski definition) is 1. The predicted octanol–water partition coefficient (Wildman–Crippen LogP) is 0.483. The molecular weight excluding hydrogens is 142 g/mol. The minimum atomic E-state index is -0.285. The monoisotopic (exact) mass is 152 g/mol. The standard InChI is InChI=1S/C8H10BFO/c1-2-11-8-4-3-6(9)5-7(8)10/h3-5H,2,9H2,1H3. The molecule has 1 aromatic rings. The van der Waals surface area contributed by atoms with Crippen LogP contribution in [0.2, 0.25) is 0 Å². The van der Waals surface area contributed by atoms with Crippen molar-refractivity contribution in [3.05, 3.63) is 24.0 Å². The minimum Gasteiger partial charge on any atom is -0.491 e. The zero-order valence-electron chi connectivity index (χ0n) is 6.73. The maximum Gasteiger partial charge on any atom is 0.164 e. The maximum absolute atomic E-state index is 12.9. The molecule has 11 heavy (non-hydrogen) atoms. The lowest BCUT2D eigenvalue weighted by Gasteiger charge is -2.03. The molecule has 0 fully saturated rings. The third-order valence-corrected chi connectivity index (χ3v) is 1.39. The first kappa shape index (κ1) is 8.11. The highest BCUT2D eigenvalue weighted by Gasteiger charge is 2.00. The van der Waals surface area contributed by atoms with Gasteiger partial charge in [0.25, 0.3) is 0 Å². The average Bonchev–Trinajstić information content (AvgIpc) is 1.95. The number of benzene rings is 1. The molecule has 0 amide bonds. The van der Waals surface area contributed by atoms with Gasteiger partial charge >= 0.3 is 0 Å². The van der Waals surface area contributed by atoms with Crippen molar-refractivity contribution < 1.29 is 9.13 Å². The Hall–Kier alpha value is -0.985. The van der Waals surface area contributed by atoms with Crippen LogP contribution < -0.4 is 10.2 Å². The lowest BCUT2D eigenvalue weighted by Crippen LogP contribution is -2.04. The smallest absolute Gasteiger partial charge is 0.164 e. The van der Waals surface area contributed by atoms with Gasteiger partial charge in [-0.2, -0.15) is 0 Å². The van der Waals surface area contributed by atoms with Crippen LogP contribution in [0.1, 0.15) is 6.92 Å². The van der Waals surface area contributed by atoms with Gasteiger partial charge in [-0.3, -0.25) is 0 Å². The fraction of sp³-hybridized carbons (Fsp3) is 0.250. The number of hydrogen-bond donors (Lipinski definition) is 0. The van der Waals surface area contributed by atoms with Crippen LogP contribution in [0.4, 0.5) is 4.39 Å². The van der Waals surface area contributed by atoms with Gasteiger partial charge in [-0.15, -0.1) is 0 Å². The molecule has 0 heterocycles. The van der Waals surface area contributed by atoms with Gasteiger partial charge in [0.2, 0.25) is 0 Å². The number of rotatable bonds is 2. The Labute approximate surface area is 66.6 Å². The molecule has 0 aromatic heterocycles. The Kier molecular flexibility index (Phi) is 2.52. The molecule has 0 unspecified atom stereocenters. The summed E-state index contributed by atoms with van der Waals surface area (Å²) in [7, 11) is 1.85. The molecule has 58 valence electrons. The fourth-order valence-corrected chi connectivity index (χ4v) is 0.878. The van der Waals surface area contributed by atoms with Crippen LogP contribution in [0.5, 0.6) is 5.75 Å². The zero-order valence-corrected chi connectivity index (χ0v) is 6.73. The molecule has 1 aromatic carbocycles. The molecule has 0 aliphatic heterocycles. The summed E-state index contributed by atoms with van der Waals surface area (Å²) < 4.78 is 17.9. The van der Waals surface area contributed by atoms with Gasteiger partial charge in [-0.05, 0) is 19.1 Å². The summed E-state index contributed by atoms with van der Waals surface area (Å²) in [5, 5.41) is 0. The first-order valence-corrected chi connectivity index (χ1v) is 3.63. The van der Waals surface area contributed by atoms with E-state index >= 15 is 0 Å². The van der Waals surface area contributed by atoms with Gasteiger partial charge < -0.3 is 4.74 Å². The second-order valence-electron chi connectivity index (χ2n) is 2.37. The predicted molar refractivity (Wildman–Crippen MR) is 45.7 cm³/mol. The molecule has 1 nitrogen and oxygen atoms in total. The lowest BCUT2D eigenvalue weighted by atomic mass is 9.96. The van der Waals surface area contributed by atoms with Gasteiger partial charge in [0.15, 0.2) is 11.6 Å². The van der Waals surface area contributed by atoms with Crippen LogP contribution in [-0.2, 0) is 0 Å². The second-order valence-corrected chi connectivity index (χ2v) is 2.37. The van der Waals surface area contributed by atoms with Gasteiger partial charge in [0, 0.05) is 0 Å². The van der Waals surface area contributed by atoms with Crippen LogP contribution in [0, 0.1) is 5.82 Å². The Morgan fingerprint density at radius 3 is 2.82 bits per heavy atom. The summed E-state index contributed by atoms with van der Waals surface area (Å²) in [4.78, 5) is 0. The van der Waals surface area contributed by atoms with Crippen molar-refractivity contribution in [1.82, 2.24) is 0 Å². The van der Waals surface area contributed by atoms with E-state index in [0.29, 0.717) is 12.4 Å². The van der Waals surface area contributed by atoms with E-state index in [1.54, 1.807) is 6.07 Å². The van der Waals surface area contributed by atoms with Crippen molar-refractivity contribution >= 4 is 13.3 Å². The van der Waals surface area contributed by atoms with Crippen molar-refractivity contribution in [1.29, 1.82) is 0 Å². The van der Waals surface area contributed by atoms with Crippen LogP contribution in [0.25, 0.3) is 0 Å². The molecule has 0 bridgehead atoms. The highest BCUT2D eigenvalue weighted by Crippen LogP contribution is 2.13. The summed E-state index contributed by atoms with van der Waals surface area (Å²) in [6, 6.07) is 4.94. The van der Waals surface area contributed by atoms with E-state index in [0.717, 1.165) is 5.46 Å². The van der Waals surface area contributed by atoms with Gasteiger partial charge in [0.05, 0.1) is 6.61 Å². The topological polar surface area (TPSA) is 9.23 Å². The van der Waals surface area contributed by atoms with E-state index in [2.05, 4.69) is 0 Å². The Bertz CT molecular complexity index is 250. The molecule has 0 saturated heterocycles. The highest BCUT2D eigenvalue weighted by atomic mass is 19.1. The Balaban J connectivity index is 2.90. The summed E-state index contributed by atoms with van der Waals surface area (Å²) in [6.07, 6.45) is 0. The van der Waals surface area contributed by atoms with E-state index in [1.165, 1.54) is 6.07 Å². The molecule has 3 heteroatoms. The van der Waals surface area contributed by atoms with Gasteiger partial charge in [-0.1, -0.05) is 11.5 Å². The lowest BCUT2D eigenvalue weighted by molar-refractivity contribution is 0.322. The van der Waals surface area contributed by atoms with Gasteiger partial charge in [-0.25, -0.2) is 4.39 Å². The molecular formula is C8H10BFO. The molecule has 0 spiro atoms. The van der Waals surface area contributed by atoms with E-state index in [-0.39, 0.29) is 5.82 Å². The second kappa shape index (κ2) is 3.42. The zero-order chi connectivity index (χ0) is 8.27. The van der Waals surface area contributed by atoms with Crippen molar-refractivity contribution in [2.75, 3.05) is 6.61 Å². The summed E-state index contributed by atoms with van der Waals surface area (Å²) in [6.45, 7) is 2.33. The Morgan fingerprint density at radius 1 is 1.55 bits per heavy atom. The minimum absolute atomic E-state index is 0.285. The fourth-order valence-electron chi connectivity index (χ4n) is 0.878. The first-order chi connectivity index (χ1) is 5.24. The number of ether oxygens (including phenoxy) is 1. The average molecular weight is 152 g/mol. The highest BCUT2D eigenvalue weighted by molar-refractivity contribution is 6.32. The van der Waals surface area contributed by atoms with Crippen molar-refractivity contribution in [2.24, 2.45) is 0 Å². The van der Waals surface area contributed by atoms with Crippen molar-refractivity contribution in [3.8, 4) is 5.75 Å². The van der Waals surface area contributed by atoms with E-state index in [1.807, 2.05) is 20.8 Å². The third-order valence-electron chi connectivity index (χ3n) is 1.39. The molecule has 0 aliphatic rings. The van der Waals surface area contributed by atoms with Crippen LogP contribution in [-0.4, -0.2) is 14.5 Å². The molecule has 0 saturated carbocycles. The van der Waals surface area contributed by atoms with Crippen molar-refractivity contribution in [3.63, 3.8) is 0 Å². The molecule has 0 atom stereocenters. The summed E-state index contributed by atoms with van der Waals surface area (Å²) in [5.74, 6) is 0.0463. The molecule has 0 radical (unpaired) electrons. The largest absolute Gasteiger partial charge is 0.491 e. The van der Waals surface area contributed by atoms with E-state index in [4.69, 9.17) is 4.74 Å². The van der Waals surface area contributed by atoms with E-state index < -0.39 is 0 Å². The molecule has 0 aliphatic carbocycles. The molecule has 1 rings (SSSR count). The first-order valence-electron chi connectivity index (χ1n) is 3.63. The van der Waals surface area contributed by atoms with Crippen LogP contribution in [0.15, 0.2) is 18.2 Å². The summed E-state index contributed by atoms with van der Waals surface area (Å²) >= 11 is 0. The van der Waals surface area contributed by atoms with Crippen molar-refractivity contribution in [2.45, 2.75) is 6.92 Å².